The van der Waals surface area contributed by atoms with Crippen molar-refractivity contribution in [3.8, 4) is 0 Å². The van der Waals surface area contributed by atoms with E-state index in [2.05, 4.69) is 15.6 Å². The van der Waals surface area contributed by atoms with Crippen LogP contribution < -0.4 is 16.2 Å². The second-order valence-electron chi connectivity index (χ2n) is 6.93. The predicted octanol–water partition coefficient (Wildman–Crippen LogP) is 2.95. The zero-order valence-corrected chi connectivity index (χ0v) is 17.4. The van der Waals surface area contributed by atoms with Gasteiger partial charge in [0.15, 0.2) is 0 Å². The molecule has 0 saturated heterocycles. The summed E-state index contributed by atoms with van der Waals surface area (Å²) in [4.78, 5) is 39.8. The van der Waals surface area contributed by atoms with E-state index >= 15 is 0 Å². The first-order valence-corrected chi connectivity index (χ1v) is 10.1. The number of carbonyl (C=O) groups excluding carboxylic acids is 2. The average molecular weight is 422 g/mol. The van der Waals surface area contributed by atoms with Crippen molar-refractivity contribution >= 4 is 22.9 Å². The molecule has 0 saturated carbocycles. The van der Waals surface area contributed by atoms with E-state index < -0.39 is 6.09 Å². The van der Waals surface area contributed by atoms with Crippen LogP contribution in [-0.4, -0.2) is 34.6 Å². The van der Waals surface area contributed by atoms with Crippen LogP contribution in [0.15, 0.2) is 65.7 Å². The topological polar surface area (TPSA) is 105 Å². The lowest BCUT2D eigenvalue weighted by atomic mass is 10.1. The highest BCUT2D eigenvalue weighted by Gasteiger charge is 2.15. The van der Waals surface area contributed by atoms with Crippen molar-refractivity contribution in [1.29, 1.82) is 0 Å². The maximum absolute atomic E-state index is 12.7. The number of rotatable bonds is 9. The van der Waals surface area contributed by atoms with Crippen LogP contribution in [0.4, 0.5) is 4.79 Å². The van der Waals surface area contributed by atoms with Gasteiger partial charge in [0, 0.05) is 37.4 Å². The number of amides is 2. The maximum atomic E-state index is 12.7. The number of aromatic nitrogens is 2. The third kappa shape index (κ3) is 5.85. The van der Waals surface area contributed by atoms with Gasteiger partial charge in [0.05, 0.1) is 5.56 Å². The summed E-state index contributed by atoms with van der Waals surface area (Å²) in [6.07, 6.45) is 6.96. The van der Waals surface area contributed by atoms with Crippen molar-refractivity contribution in [2.24, 2.45) is 0 Å². The zero-order valence-electron chi connectivity index (χ0n) is 17.4. The van der Waals surface area contributed by atoms with Gasteiger partial charge in [0.2, 0.25) is 0 Å². The first-order chi connectivity index (χ1) is 15.1. The highest BCUT2D eigenvalue weighted by Crippen LogP contribution is 2.14. The number of nitrogens with one attached hydrogen (secondary N) is 3. The van der Waals surface area contributed by atoms with Crippen molar-refractivity contribution in [3.63, 3.8) is 0 Å². The monoisotopic (exact) mass is 422 g/mol. The van der Waals surface area contributed by atoms with E-state index in [9.17, 15) is 14.4 Å². The Kier molecular flexibility index (Phi) is 7.64. The van der Waals surface area contributed by atoms with E-state index in [1.54, 1.807) is 18.5 Å². The molecule has 8 nitrogen and oxygen atoms in total. The SMILES string of the molecule is C/C=C/Cn1cc(C(=O)NCCCNC(=O)OCc2ccccc2)c2cc[nH]c2c1=O. The molecule has 0 bridgehead atoms. The highest BCUT2D eigenvalue weighted by atomic mass is 16.5. The van der Waals surface area contributed by atoms with Crippen molar-refractivity contribution in [2.75, 3.05) is 13.1 Å². The molecule has 0 radical (unpaired) electrons. The molecule has 3 rings (SSSR count). The number of fused-ring (bicyclic) bond motifs is 1. The van der Waals surface area contributed by atoms with Crippen LogP contribution in [0.5, 0.6) is 0 Å². The van der Waals surface area contributed by atoms with Gasteiger partial charge in [0.1, 0.15) is 12.1 Å². The molecular formula is C23H26N4O4. The number of pyridine rings is 1. The van der Waals surface area contributed by atoms with Crippen LogP contribution in [-0.2, 0) is 17.9 Å². The Balaban J connectivity index is 1.48. The van der Waals surface area contributed by atoms with E-state index in [1.165, 1.54) is 4.57 Å². The minimum absolute atomic E-state index is 0.173. The molecule has 2 aromatic heterocycles. The zero-order chi connectivity index (χ0) is 22.1. The molecule has 0 fully saturated rings. The van der Waals surface area contributed by atoms with Crippen molar-refractivity contribution in [1.82, 2.24) is 20.2 Å². The summed E-state index contributed by atoms with van der Waals surface area (Å²) < 4.78 is 6.64. The molecule has 2 heterocycles. The third-order valence-electron chi connectivity index (χ3n) is 4.70. The first kappa shape index (κ1) is 21.9. The fraction of sp³-hybridized carbons (Fsp3) is 0.261. The number of nitrogens with zero attached hydrogens (tertiary/aromatic N) is 1. The summed E-state index contributed by atoms with van der Waals surface area (Å²) in [5, 5.41) is 6.08. The van der Waals surface area contributed by atoms with Gasteiger partial charge in [-0.15, -0.1) is 0 Å². The van der Waals surface area contributed by atoms with Gasteiger partial charge in [-0.2, -0.15) is 0 Å². The standard InChI is InChI=1S/C23H26N4O4/c1-2-3-14-27-15-19(18-10-13-24-20(18)22(27)29)21(28)25-11-7-12-26-23(30)31-16-17-8-5-4-6-9-17/h2-6,8-10,13,15,24H,7,11-12,14,16H2,1H3,(H,25,28)(H,26,30)/b3-2+. The molecule has 0 spiro atoms. The fourth-order valence-corrected chi connectivity index (χ4v) is 3.08. The molecule has 0 aliphatic rings. The number of hydrogen-bond acceptors (Lipinski definition) is 4. The van der Waals surface area contributed by atoms with Gasteiger partial charge in [0.25, 0.3) is 11.5 Å². The number of H-pyrrole nitrogens is 1. The van der Waals surface area contributed by atoms with Gasteiger partial charge in [-0.3, -0.25) is 9.59 Å². The van der Waals surface area contributed by atoms with Crippen LogP contribution >= 0.6 is 0 Å². The van der Waals surface area contributed by atoms with Gasteiger partial charge in [-0.05, 0) is 25.0 Å². The Morgan fingerprint density at radius 1 is 1.13 bits per heavy atom. The van der Waals surface area contributed by atoms with Crippen molar-refractivity contribution in [3.05, 3.63) is 82.4 Å². The Morgan fingerprint density at radius 3 is 2.68 bits per heavy atom. The number of carbonyl (C=O) groups is 2. The summed E-state index contributed by atoms with van der Waals surface area (Å²) in [6, 6.07) is 11.1. The van der Waals surface area contributed by atoms with Gasteiger partial charge >= 0.3 is 6.09 Å². The molecule has 0 aliphatic carbocycles. The normalized spacial score (nSPS) is 11.0. The fourth-order valence-electron chi connectivity index (χ4n) is 3.08. The quantitative estimate of drug-likeness (QED) is 0.364. The number of aromatic amines is 1. The lowest BCUT2D eigenvalue weighted by Crippen LogP contribution is -2.31. The number of benzene rings is 1. The third-order valence-corrected chi connectivity index (χ3v) is 4.70. The predicted molar refractivity (Wildman–Crippen MR) is 119 cm³/mol. The maximum Gasteiger partial charge on any atom is 0.407 e. The van der Waals surface area contributed by atoms with Crippen LogP contribution in [0.2, 0.25) is 0 Å². The highest BCUT2D eigenvalue weighted by molar-refractivity contribution is 6.05. The lowest BCUT2D eigenvalue weighted by Gasteiger charge is -2.10. The molecule has 0 atom stereocenters. The van der Waals surface area contributed by atoms with Crippen molar-refractivity contribution in [2.45, 2.75) is 26.5 Å². The van der Waals surface area contributed by atoms with E-state index in [1.807, 2.05) is 49.4 Å². The minimum Gasteiger partial charge on any atom is -0.445 e. The molecule has 0 aliphatic heterocycles. The number of ether oxygens (including phenoxy) is 1. The van der Waals surface area contributed by atoms with Crippen molar-refractivity contribution < 1.29 is 14.3 Å². The molecule has 8 heteroatoms. The molecular weight excluding hydrogens is 396 g/mol. The summed E-state index contributed by atoms with van der Waals surface area (Å²) in [5.41, 5.74) is 1.57. The number of allylic oxidation sites excluding steroid dienone is 2. The minimum atomic E-state index is -0.500. The largest absolute Gasteiger partial charge is 0.445 e. The van der Waals surface area contributed by atoms with Crippen LogP contribution in [0.1, 0.15) is 29.3 Å². The van der Waals surface area contributed by atoms with Crippen LogP contribution in [0.25, 0.3) is 10.9 Å². The molecule has 0 unspecified atom stereocenters. The summed E-state index contributed by atoms with van der Waals surface area (Å²) >= 11 is 0. The van der Waals surface area contributed by atoms with E-state index in [-0.39, 0.29) is 18.1 Å². The van der Waals surface area contributed by atoms with Gasteiger partial charge < -0.3 is 24.9 Å². The second kappa shape index (κ2) is 10.8. The second-order valence-corrected chi connectivity index (χ2v) is 6.93. The van der Waals surface area contributed by atoms with Crippen LogP contribution in [0.3, 0.4) is 0 Å². The average Bonchev–Trinajstić information content (AvgIpc) is 3.28. The Hall–Kier alpha value is -3.81. The lowest BCUT2D eigenvalue weighted by molar-refractivity contribution is 0.0954. The molecule has 31 heavy (non-hydrogen) atoms. The van der Waals surface area contributed by atoms with E-state index in [0.29, 0.717) is 42.5 Å². The summed E-state index contributed by atoms with van der Waals surface area (Å²) in [7, 11) is 0. The summed E-state index contributed by atoms with van der Waals surface area (Å²) in [5.74, 6) is -0.273. The molecule has 2 amide bonds. The number of alkyl carbamates (subject to hydrolysis) is 1. The molecule has 162 valence electrons. The van der Waals surface area contributed by atoms with Gasteiger partial charge in [-0.25, -0.2) is 4.79 Å². The summed E-state index contributed by atoms with van der Waals surface area (Å²) in [6.45, 7) is 3.21. The Labute approximate surface area is 179 Å². The van der Waals surface area contributed by atoms with E-state index in [0.717, 1.165) is 5.56 Å². The smallest absolute Gasteiger partial charge is 0.407 e. The van der Waals surface area contributed by atoms with Crippen LogP contribution in [0, 0.1) is 0 Å². The molecule has 3 aromatic rings. The van der Waals surface area contributed by atoms with Gasteiger partial charge in [-0.1, -0.05) is 42.5 Å². The molecule has 1 aromatic carbocycles. The molecule has 3 N–H and O–H groups in total. The Bertz CT molecular complexity index is 1120. The van der Waals surface area contributed by atoms with E-state index in [4.69, 9.17) is 4.74 Å². The first-order valence-electron chi connectivity index (χ1n) is 10.1. The number of hydrogen-bond donors (Lipinski definition) is 3. The Morgan fingerprint density at radius 2 is 1.90 bits per heavy atom.